The van der Waals surface area contributed by atoms with Crippen molar-refractivity contribution in [1.82, 2.24) is 15.1 Å². The summed E-state index contributed by atoms with van der Waals surface area (Å²) in [4.78, 5) is 9.49. The molecule has 1 aliphatic carbocycles. The van der Waals surface area contributed by atoms with Gasteiger partial charge in [0.1, 0.15) is 0 Å². The molecule has 1 aliphatic heterocycles. The number of aliphatic imine (C=N–C) groups is 1. The maximum Gasteiger partial charge on any atom is 0.193 e. The molecule has 1 N–H and O–H groups in total. The molecule has 0 aromatic rings. The molecule has 0 aromatic carbocycles. The van der Waals surface area contributed by atoms with Crippen molar-refractivity contribution in [3.05, 3.63) is 0 Å². The number of nitrogens with one attached hydrogen (secondary N) is 1. The third-order valence-electron chi connectivity index (χ3n) is 5.34. The summed E-state index contributed by atoms with van der Waals surface area (Å²) >= 11 is 0. The molecule has 0 amide bonds. The fourth-order valence-electron chi connectivity index (χ4n) is 3.94. The largest absolute Gasteiger partial charge is 0.355 e. The summed E-state index contributed by atoms with van der Waals surface area (Å²) in [5.41, 5.74) is 0.638. The molecule has 0 atom stereocenters. The van der Waals surface area contributed by atoms with E-state index in [1.165, 1.54) is 38.8 Å². The van der Waals surface area contributed by atoms with Crippen molar-refractivity contribution < 1.29 is 0 Å². The van der Waals surface area contributed by atoms with E-state index in [9.17, 15) is 0 Å². The zero-order valence-electron chi connectivity index (χ0n) is 15.1. The topological polar surface area (TPSA) is 30.9 Å². The monoisotopic (exact) mass is 422 g/mol. The Bertz CT molecular complexity index is 356. The maximum absolute atomic E-state index is 4.49. The molecule has 4 nitrogen and oxygen atoms in total. The summed E-state index contributed by atoms with van der Waals surface area (Å²) in [6.07, 6.45) is 5.64. The molecule has 130 valence electrons. The van der Waals surface area contributed by atoms with Gasteiger partial charge >= 0.3 is 0 Å². The van der Waals surface area contributed by atoms with Crippen LogP contribution >= 0.6 is 24.0 Å². The molecule has 22 heavy (non-hydrogen) atoms. The second-order valence-electron chi connectivity index (χ2n) is 7.42. The quantitative estimate of drug-likeness (QED) is 0.420. The SMILES string of the molecule is CN=C(NCCN(C(C)C)C(C)C)N1CCC2(CCC2)C1.I. The molecular formula is C17H35IN4. The van der Waals surface area contributed by atoms with Crippen LogP contribution in [-0.2, 0) is 0 Å². The van der Waals surface area contributed by atoms with Crippen molar-refractivity contribution in [2.45, 2.75) is 65.5 Å². The molecule has 1 saturated heterocycles. The van der Waals surface area contributed by atoms with Gasteiger partial charge in [0, 0.05) is 45.3 Å². The molecule has 0 radical (unpaired) electrons. The van der Waals surface area contributed by atoms with Crippen molar-refractivity contribution in [2.75, 3.05) is 33.2 Å². The van der Waals surface area contributed by atoms with Crippen molar-refractivity contribution in [2.24, 2.45) is 10.4 Å². The van der Waals surface area contributed by atoms with Gasteiger partial charge in [0.05, 0.1) is 0 Å². The molecule has 1 heterocycles. The first-order valence-electron chi connectivity index (χ1n) is 8.69. The number of likely N-dealkylation sites (tertiary alicyclic amines) is 1. The molecule has 0 unspecified atom stereocenters. The Hall–Kier alpha value is -0.0400. The van der Waals surface area contributed by atoms with E-state index in [2.05, 4.69) is 47.8 Å². The highest BCUT2D eigenvalue weighted by atomic mass is 127. The highest BCUT2D eigenvalue weighted by Gasteiger charge is 2.43. The number of hydrogen-bond acceptors (Lipinski definition) is 2. The van der Waals surface area contributed by atoms with Crippen LogP contribution in [0.4, 0.5) is 0 Å². The van der Waals surface area contributed by atoms with Crippen LogP contribution in [0.2, 0.25) is 0 Å². The summed E-state index contributed by atoms with van der Waals surface area (Å²) in [5.74, 6) is 1.10. The Kier molecular flexibility index (Phi) is 7.92. The molecule has 2 fully saturated rings. The van der Waals surface area contributed by atoms with Gasteiger partial charge in [-0.2, -0.15) is 0 Å². The van der Waals surface area contributed by atoms with Crippen LogP contribution in [0, 0.1) is 5.41 Å². The predicted octanol–water partition coefficient (Wildman–Crippen LogP) is 3.17. The van der Waals surface area contributed by atoms with E-state index in [1.807, 2.05) is 7.05 Å². The lowest BCUT2D eigenvalue weighted by Gasteiger charge is -2.38. The van der Waals surface area contributed by atoms with Gasteiger partial charge in [0.2, 0.25) is 0 Å². The molecule has 0 aromatic heterocycles. The highest BCUT2D eigenvalue weighted by Crippen LogP contribution is 2.47. The van der Waals surface area contributed by atoms with Crippen LogP contribution in [0.25, 0.3) is 0 Å². The van der Waals surface area contributed by atoms with E-state index >= 15 is 0 Å². The molecule has 2 aliphatic rings. The van der Waals surface area contributed by atoms with Gasteiger partial charge < -0.3 is 10.2 Å². The predicted molar refractivity (Wildman–Crippen MR) is 106 cm³/mol. The fraction of sp³-hybridized carbons (Fsp3) is 0.941. The van der Waals surface area contributed by atoms with Gasteiger partial charge in [-0.3, -0.25) is 9.89 Å². The van der Waals surface area contributed by atoms with Gasteiger partial charge in [-0.15, -0.1) is 24.0 Å². The minimum absolute atomic E-state index is 0. The maximum atomic E-state index is 4.49. The fourth-order valence-corrected chi connectivity index (χ4v) is 3.94. The number of guanidine groups is 1. The van der Waals surface area contributed by atoms with E-state index in [0.29, 0.717) is 17.5 Å². The smallest absolute Gasteiger partial charge is 0.193 e. The van der Waals surface area contributed by atoms with Crippen molar-refractivity contribution >= 4 is 29.9 Å². The molecule has 2 rings (SSSR count). The van der Waals surface area contributed by atoms with E-state index in [0.717, 1.165) is 19.0 Å². The number of nitrogens with zero attached hydrogens (tertiary/aromatic N) is 3. The third kappa shape index (κ3) is 4.73. The van der Waals surface area contributed by atoms with Crippen molar-refractivity contribution in [1.29, 1.82) is 0 Å². The van der Waals surface area contributed by atoms with E-state index in [-0.39, 0.29) is 24.0 Å². The van der Waals surface area contributed by atoms with Crippen LogP contribution < -0.4 is 5.32 Å². The first-order valence-corrected chi connectivity index (χ1v) is 8.69. The third-order valence-corrected chi connectivity index (χ3v) is 5.34. The average Bonchev–Trinajstić information content (AvgIpc) is 2.83. The summed E-state index contributed by atoms with van der Waals surface area (Å²) < 4.78 is 0. The Morgan fingerprint density at radius 1 is 1.18 bits per heavy atom. The summed E-state index contributed by atoms with van der Waals surface area (Å²) in [5, 5.41) is 3.57. The lowest BCUT2D eigenvalue weighted by Crippen LogP contribution is -2.47. The standard InChI is InChI=1S/C17H34N4.HI/c1-14(2)21(15(3)4)12-10-19-16(18-5)20-11-9-17(13-20)7-6-8-17;/h14-15H,6-13H2,1-5H3,(H,18,19);1H. The molecule has 5 heteroatoms. The van der Waals surface area contributed by atoms with Crippen molar-refractivity contribution in [3.63, 3.8) is 0 Å². The zero-order valence-corrected chi connectivity index (χ0v) is 17.4. The lowest BCUT2D eigenvalue weighted by atomic mass is 9.68. The minimum atomic E-state index is 0. The van der Waals surface area contributed by atoms with Crippen molar-refractivity contribution in [3.8, 4) is 0 Å². The van der Waals surface area contributed by atoms with Gasteiger partial charge in [-0.25, -0.2) is 0 Å². The molecule has 1 spiro atoms. The van der Waals surface area contributed by atoms with Gasteiger partial charge in [-0.1, -0.05) is 6.42 Å². The van der Waals surface area contributed by atoms with Crippen LogP contribution in [0.15, 0.2) is 4.99 Å². The highest BCUT2D eigenvalue weighted by molar-refractivity contribution is 14.0. The molecular weight excluding hydrogens is 387 g/mol. The Morgan fingerprint density at radius 2 is 1.82 bits per heavy atom. The Morgan fingerprint density at radius 3 is 2.23 bits per heavy atom. The van der Waals surface area contributed by atoms with E-state index in [4.69, 9.17) is 0 Å². The molecule has 0 bridgehead atoms. The van der Waals surface area contributed by atoms with Crippen LogP contribution in [0.1, 0.15) is 53.4 Å². The summed E-state index contributed by atoms with van der Waals surface area (Å²) in [7, 11) is 1.91. The second kappa shape index (κ2) is 8.71. The minimum Gasteiger partial charge on any atom is -0.355 e. The Balaban J connectivity index is 0.00000242. The average molecular weight is 422 g/mol. The van der Waals surface area contributed by atoms with Gasteiger partial charge in [-0.05, 0) is 52.4 Å². The first kappa shape index (κ1) is 20.0. The van der Waals surface area contributed by atoms with Crippen LogP contribution in [-0.4, -0.2) is 61.1 Å². The number of rotatable bonds is 5. The van der Waals surface area contributed by atoms with Crippen LogP contribution in [0.5, 0.6) is 0 Å². The second-order valence-corrected chi connectivity index (χ2v) is 7.42. The van der Waals surface area contributed by atoms with Gasteiger partial charge in [0.15, 0.2) is 5.96 Å². The zero-order chi connectivity index (χ0) is 15.5. The van der Waals surface area contributed by atoms with Crippen LogP contribution in [0.3, 0.4) is 0 Å². The Labute approximate surface area is 154 Å². The normalized spacial score (nSPS) is 20.7. The first-order chi connectivity index (χ1) is 9.97. The number of halogens is 1. The van der Waals surface area contributed by atoms with E-state index < -0.39 is 0 Å². The molecule has 1 saturated carbocycles. The number of hydrogen-bond donors (Lipinski definition) is 1. The van der Waals surface area contributed by atoms with E-state index in [1.54, 1.807) is 0 Å². The summed E-state index contributed by atoms with van der Waals surface area (Å²) in [6, 6.07) is 1.19. The summed E-state index contributed by atoms with van der Waals surface area (Å²) in [6.45, 7) is 13.5. The van der Waals surface area contributed by atoms with Gasteiger partial charge in [0.25, 0.3) is 0 Å². The lowest BCUT2D eigenvalue weighted by molar-refractivity contribution is 0.151.